The van der Waals surface area contributed by atoms with Crippen LogP contribution in [0.5, 0.6) is 0 Å². The predicted octanol–water partition coefficient (Wildman–Crippen LogP) is 2.76. The van der Waals surface area contributed by atoms with Crippen LogP contribution in [0.4, 0.5) is 5.13 Å². The molecule has 1 aromatic heterocycles. The van der Waals surface area contributed by atoms with Crippen LogP contribution in [-0.2, 0) is 11.3 Å². The number of hydrogen-bond donors (Lipinski definition) is 2. The summed E-state index contributed by atoms with van der Waals surface area (Å²) < 4.78 is 0. The molecule has 0 aliphatic heterocycles. The van der Waals surface area contributed by atoms with Gasteiger partial charge in [0.25, 0.3) is 0 Å². The van der Waals surface area contributed by atoms with E-state index < -0.39 is 0 Å². The van der Waals surface area contributed by atoms with E-state index in [1.807, 2.05) is 35.9 Å². The molecule has 0 bridgehead atoms. The first-order chi connectivity index (χ1) is 10.1. The van der Waals surface area contributed by atoms with Crippen molar-refractivity contribution in [1.82, 2.24) is 10.3 Å². The maximum absolute atomic E-state index is 11.0. The summed E-state index contributed by atoms with van der Waals surface area (Å²) in [6.07, 6.45) is 1.87. The molecule has 0 saturated carbocycles. The van der Waals surface area contributed by atoms with Gasteiger partial charge in [-0.05, 0) is 17.9 Å². The summed E-state index contributed by atoms with van der Waals surface area (Å²) in [7, 11) is 0. The van der Waals surface area contributed by atoms with E-state index in [9.17, 15) is 4.79 Å². The molecule has 3 N–H and O–H groups in total. The van der Waals surface area contributed by atoms with Gasteiger partial charge in [0.2, 0.25) is 11.0 Å². The molecule has 0 spiro atoms. The van der Waals surface area contributed by atoms with Crippen LogP contribution in [0.2, 0.25) is 0 Å². The Kier molecular flexibility index (Phi) is 5.35. The second-order valence-electron chi connectivity index (χ2n) is 4.28. The average molecular weight is 320 g/mol. The van der Waals surface area contributed by atoms with E-state index in [1.165, 1.54) is 30.0 Å². The van der Waals surface area contributed by atoms with E-state index in [1.54, 1.807) is 0 Å². The second-order valence-corrected chi connectivity index (χ2v) is 5.94. The Morgan fingerprint density at radius 1 is 1.52 bits per heavy atom. The van der Waals surface area contributed by atoms with Crippen LogP contribution >= 0.6 is 23.1 Å². The average Bonchev–Trinajstić information content (AvgIpc) is 2.94. The quantitative estimate of drug-likeness (QED) is 0.670. The first-order valence-corrected chi connectivity index (χ1v) is 8.36. The highest BCUT2D eigenvalue weighted by atomic mass is 32.2. The minimum atomic E-state index is -0.0433. The van der Waals surface area contributed by atoms with Crippen molar-refractivity contribution in [2.75, 3.05) is 6.26 Å². The van der Waals surface area contributed by atoms with E-state index >= 15 is 0 Å². The van der Waals surface area contributed by atoms with Gasteiger partial charge in [0.15, 0.2) is 5.17 Å². The third-order valence-corrected chi connectivity index (χ3v) is 3.92. The molecule has 2 rings (SSSR count). The minimum Gasteiger partial charge on any atom is -0.378 e. The standard InChI is InChI=1S/C14H16N4OS2/c1-9(19)16-7-10-4-3-5-11(6-10)12-8-21-14(17-12)18-13(15)20-2/h3-6,8H,7H2,1-2H3,(H,16,19)(H2,15,17,18). The summed E-state index contributed by atoms with van der Waals surface area (Å²) in [5.41, 5.74) is 8.57. The number of amides is 1. The number of aromatic nitrogens is 1. The van der Waals surface area contributed by atoms with Gasteiger partial charge < -0.3 is 11.1 Å². The Balaban J connectivity index is 2.18. The molecule has 0 atom stereocenters. The van der Waals surface area contributed by atoms with Gasteiger partial charge in [0.05, 0.1) is 5.69 Å². The highest BCUT2D eigenvalue weighted by Crippen LogP contribution is 2.27. The van der Waals surface area contributed by atoms with E-state index in [-0.39, 0.29) is 5.91 Å². The van der Waals surface area contributed by atoms with Crippen molar-refractivity contribution in [3.63, 3.8) is 0 Å². The number of carbonyl (C=O) groups excluding carboxylic acids is 1. The maximum atomic E-state index is 11.0. The Labute approximate surface area is 131 Å². The molecule has 0 unspecified atom stereocenters. The molecular weight excluding hydrogens is 304 g/mol. The second kappa shape index (κ2) is 7.24. The highest BCUT2D eigenvalue weighted by molar-refractivity contribution is 8.13. The SMILES string of the molecule is CSC(N)=Nc1nc(-c2cccc(CNC(C)=O)c2)cs1. The van der Waals surface area contributed by atoms with Crippen LogP contribution in [0.3, 0.4) is 0 Å². The van der Waals surface area contributed by atoms with Crippen molar-refractivity contribution >= 4 is 39.3 Å². The number of carbonyl (C=O) groups is 1. The van der Waals surface area contributed by atoms with Crippen LogP contribution in [0.1, 0.15) is 12.5 Å². The molecule has 1 aromatic carbocycles. The molecule has 5 nitrogen and oxygen atoms in total. The molecular formula is C14H16N4OS2. The Morgan fingerprint density at radius 2 is 2.33 bits per heavy atom. The number of nitrogens with zero attached hydrogens (tertiary/aromatic N) is 2. The van der Waals surface area contributed by atoms with E-state index in [0.29, 0.717) is 16.8 Å². The Hall–Kier alpha value is -1.86. The fourth-order valence-electron chi connectivity index (χ4n) is 1.66. The smallest absolute Gasteiger partial charge is 0.217 e. The molecule has 0 aliphatic carbocycles. The summed E-state index contributed by atoms with van der Waals surface area (Å²) in [6.45, 7) is 2.02. The normalized spacial score (nSPS) is 11.4. The number of benzene rings is 1. The minimum absolute atomic E-state index is 0.0433. The monoisotopic (exact) mass is 320 g/mol. The molecule has 0 aliphatic rings. The zero-order valence-electron chi connectivity index (χ0n) is 11.8. The van der Waals surface area contributed by atoms with Crippen LogP contribution in [-0.4, -0.2) is 22.3 Å². The summed E-state index contributed by atoms with van der Waals surface area (Å²) in [6, 6.07) is 7.91. The van der Waals surface area contributed by atoms with Gasteiger partial charge in [0, 0.05) is 24.4 Å². The summed E-state index contributed by atoms with van der Waals surface area (Å²) in [4.78, 5) is 19.6. The summed E-state index contributed by atoms with van der Waals surface area (Å²) in [5, 5.41) is 5.87. The fraction of sp³-hybridized carbons (Fsp3) is 0.214. The van der Waals surface area contributed by atoms with Gasteiger partial charge in [-0.2, -0.15) is 4.99 Å². The Bertz CT molecular complexity index is 666. The number of thioether (sulfide) groups is 1. The highest BCUT2D eigenvalue weighted by Gasteiger charge is 2.05. The molecule has 2 aromatic rings. The van der Waals surface area contributed by atoms with Crippen molar-refractivity contribution in [1.29, 1.82) is 0 Å². The van der Waals surface area contributed by atoms with Crippen LogP contribution in [0, 0.1) is 0 Å². The van der Waals surface area contributed by atoms with Gasteiger partial charge >= 0.3 is 0 Å². The van der Waals surface area contributed by atoms with Gasteiger partial charge in [-0.3, -0.25) is 4.79 Å². The molecule has 0 fully saturated rings. The predicted molar refractivity (Wildman–Crippen MR) is 89.9 cm³/mol. The van der Waals surface area contributed by atoms with Crippen molar-refractivity contribution in [2.45, 2.75) is 13.5 Å². The summed E-state index contributed by atoms with van der Waals surface area (Å²) >= 11 is 2.84. The first-order valence-electron chi connectivity index (χ1n) is 6.26. The van der Waals surface area contributed by atoms with Crippen molar-refractivity contribution in [3.8, 4) is 11.3 Å². The zero-order valence-corrected chi connectivity index (χ0v) is 13.4. The maximum Gasteiger partial charge on any atom is 0.217 e. The third-order valence-electron chi connectivity index (χ3n) is 2.67. The summed E-state index contributed by atoms with van der Waals surface area (Å²) in [5.74, 6) is -0.0433. The lowest BCUT2D eigenvalue weighted by atomic mass is 10.1. The number of aliphatic imine (C=N–C) groups is 1. The van der Waals surface area contributed by atoms with Crippen molar-refractivity contribution in [2.24, 2.45) is 10.7 Å². The topological polar surface area (TPSA) is 80.4 Å². The zero-order chi connectivity index (χ0) is 15.2. The lowest BCUT2D eigenvalue weighted by Gasteiger charge is -2.04. The molecule has 0 radical (unpaired) electrons. The van der Waals surface area contributed by atoms with Crippen molar-refractivity contribution in [3.05, 3.63) is 35.2 Å². The van der Waals surface area contributed by atoms with Crippen LogP contribution in [0.25, 0.3) is 11.3 Å². The number of rotatable bonds is 4. The van der Waals surface area contributed by atoms with Crippen LogP contribution < -0.4 is 11.1 Å². The van der Waals surface area contributed by atoms with Gasteiger partial charge in [-0.25, -0.2) is 4.98 Å². The first kappa shape index (κ1) is 15.5. The Morgan fingerprint density at radius 3 is 3.05 bits per heavy atom. The van der Waals surface area contributed by atoms with Gasteiger partial charge in [-0.1, -0.05) is 30.0 Å². The fourth-order valence-corrected chi connectivity index (χ4v) is 2.60. The number of nitrogens with one attached hydrogen (secondary N) is 1. The third kappa shape index (κ3) is 4.57. The molecule has 1 heterocycles. The number of amidine groups is 1. The van der Waals surface area contributed by atoms with Crippen LogP contribution in [0.15, 0.2) is 34.6 Å². The van der Waals surface area contributed by atoms with E-state index in [4.69, 9.17) is 5.73 Å². The molecule has 21 heavy (non-hydrogen) atoms. The van der Waals surface area contributed by atoms with Crippen molar-refractivity contribution < 1.29 is 4.79 Å². The number of hydrogen-bond acceptors (Lipinski definition) is 5. The number of thiazole rings is 1. The largest absolute Gasteiger partial charge is 0.378 e. The molecule has 110 valence electrons. The van der Waals surface area contributed by atoms with E-state index in [2.05, 4.69) is 15.3 Å². The molecule has 0 saturated heterocycles. The lowest BCUT2D eigenvalue weighted by molar-refractivity contribution is -0.119. The molecule has 1 amide bonds. The van der Waals surface area contributed by atoms with Gasteiger partial charge in [0.1, 0.15) is 0 Å². The lowest BCUT2D eigenvalue weighted by Crippen LogP contribution is -2.18. The molecule has 7 heteroatoms. The van der Waals surface area contributed by atoms with E-state index in [0.717, 1.165) is 16.8 Å². The number of nitrogens with two attached hydrogens (primary N) is 1. The van der Waals surface area contributed by atoms with Gasteiger partial charge in [-0.15, -0.1) is 11.3 Å².